The maximum atomic E-state index is 6.25. The lowest BCUT2D eigenvalue weighted by Crippen LogP contribution is -2.39. The fourth-order valence-corrected chi connectivity index (χ4v) is 5.89. The van der Waals surface area contributed by atoms with E-state index in [2.05, 4.69) is 38.9 Å². The van der Waals surface area contributed by atoms with Crippen LogP contribution in [0.2, 0.25) is 10.0 Å². The summed E-state index contributed by atoms with van der Waals surface area (Å²) in [5.74, 6) is 1.65. The summed E-state index contributed by atoms with van der Waals surface area (Å²) in [6.07, 6.45) is 2.06. The SMILES string of the molecule is CCN1C(CSc2cccs2)N=CN1SCc1c(Cl)cccc1Cl. The Balaban J connectivity index is 1.57. The molecule has 1 aliphatic rings. The monoisotopic (exact) mass is 417 g/mol. The maximum Gasteiger partial charge on any atom is 0.131 e. The topological polar surface area (TPSA) is 18.8 Å². The molecule has 0 N–H and O–H groups in total. The van der Waals surface area contributed by atoms with Crippen molar-refractivity contribution in [2.24, 2.45) is 4.99 Å². The molecule has 0 saturated heterocycles. The normalized spacial score (nSPS) is 17.8. The summed E-state index contributed by atoms with van der Waals surface area (Å²) < 4.78 is 3.43. The third-order valence-corrected chi connectivity index (χ3v) is 7.42. The van der Waals surface area contributed by atoms with Crippen LogP contribution in [0.5, 0.6) is 0 Å². The molecule has 0 aliphatic carbocycles. The van der Waals surface area contributed by atoms with Gasteiger partial charge in [0.1, 0.15) is 12.5 Å². The van der Waals surface area contributed by atoms with Crippen LogP contribution in [-0.2, 0) is 5.75 Å². The van der Waals surface area contributed by atoms with E-state index in [-0.39, 0.29) is 6.17 Å². The third-order valence-electron chi connectivity index (χ3n) is 3.53. The molecule has 24 heavy (non-hydrogen) atoms. The molecule has 0 radical (unpaired) electrons. The zero-order valence-corrected chi connectivity index (χ0v) is 17.0. The smallest absolute Gasteiger partial charge is 0.131 e. The molecule has 1 aromatic carbocycles. The van der Waals surface area contributed by atoms with Crippen LogP contribution in [0.15, 0.2) is 44.9 Å². The van der Waals surface area contributed by atoms with Crippen LogP contribution in [0.3, 0.4) is 0 Å². The lowest BCUT2D eigenvalue weighted by atomic mass is 10.2. The number of thioether (sulfide) groups is 1. The average Bonchev–Trinajstić information content (AvgIpc) is 3.21. The number of hydrogen-bond acceptors (Lipinski definition) is 6. The zero-order valence-electron chi connectivity index (χ0n) is 13.1. The van der Waals surface area contributed by atoms with Crippen LogP contribution in [0, 0.1) is 0 Å². The molecule has 3 rings (SSSR count). The Bertz CT molecular complexity index is 674. The molecular weight excluding hydrogens is 401 g/mol. The van der Waals surface area contributed by atoms with Gasteiger partial charge in [-0.15, -0.1) is 23.1 Å². The first-order chi connectivity index (χ1) is 11.7. The predicted octanol–water partition coefficient (Wildman–Crippen LogP) is 5.90. The van der Waals surface area contributed by atoms with Gasteiger partial charge < -0.3 is 0 Å². The van der Waals surface area contributed by atoms with Gasteiger partial charge in [-0.25, -0.2) is 4.41 Å². The predicted molar refractivity (Wildman–Crippen MR) is 109 cm³/mol. The summed E-state index contributed by atoms with van der Waals surface area (Å²) in [4.78, 5) is 4.65. The van der Waals surface area contributed by atoms with E-state index in [4.69, 9.17) is 23.2 Å². The van der Waals surface area contributed by atoms with Crippen molar-refractivity contribution >= 4 is 64.6 Å². The van der Waals surface area contributed by atoms with E-state index < -0.39 is 0 Å². The number of rotatable bonds is 7. The molecule has 2 aromatic rings. The highest BCUT2D eigenvalue weighted by Crippen LogP contribution is 2.33. The summed E-state index contributed by atoms with van der Waals surface area (Å²) >= 11 is 17.8. The van der Waals surface area contributed by atoms with Crippen LogP contribution in [0.25, 0.3) is 0 Å². The van der Waals surface area contributed by atoms with E-state index in [0.29, 0.717) is 15.8 Å². The van der Waals surface area contributed by atoms with Crippen LogP contribution >= 0.6 is 58.2 Å². The van der Waals surface area contributed by atoms with Crippen molar-refractivity contribution < 1.29 is 0 Å². The van der Waals surface area contributed by atoms with Gasteiger partial charge in [-0.1, -0.05) is 42.3 Å². The van der Waals surface area contributed by atoms with Gasteiger partial charge in [0.25, 0.3) is 0 Å². The Morgan fingerprint density at radius 3 is 2.67 bits per heavy atom. The Morgan fingerprint density at radius 2 is 2.00 bits per heavy atom. The maximum absolute atomic E-state index is 6.25. The van der Waals surface area contributed by atoms with Crippen molar-refractivity contribution in [1.29, 1.82) is 0 Å². The number of aliphatic imine (C=N–C) groups is 1. The van der Waals surface area contributed by atoms with Crippen molar-refractivity contribution in [1.82, 2.24) is 9.42 Å². The van der Waals surface area contributed by atoms with Crippen LogP contribution < -0.4 is 0 Å². The summed E-state index contributed by atoms with van der Waals surface area (Å²) in [5, 5.41) is 5.78. The second kappa shape index (κ2) is 8.83. The Labute approximate surface area is 165 Å². The molecule has 3 nitrogen and oxygen atoms in total. The summed E-state index contributed by atoms with van der Waals surface area (Å²) in [5.41, 5.74) is 0.965. The molecule has 1 aliphatic heterocycles. The molecule has 1 aromatic heterocycles. The quantitative estimate of drug-likeness (QED) is 0.411. The van der Waals surface area contributed by atoms with E-state index in [0.717, 1.165) is 17.9 Å². The molecule has 0 spiro atoms. The van der Waals surface area contributed by atoms with E-state index in [9.17, 15) is 0 Å². The summed E-state index contributed by atoms with van der Waals surface area (Å²) in [6.45, 7) is 3.05. The molecule has 0 amide bonds. The summed E-state index contributed by atoms with van der Waals surface area (Å²) in [6, 6.07) is 9.85. The molecule has 0 saturated carbocycles. The van der Waals surface area contributed by atoms with E-state index in [1.54, 1.807) is 23.3 Å². The van der Waals surface area contributed by atoms with E-state index in [1.807, 2.05) is 36.3 Å². The molecule has 0 bridgehead atoms. The molecular formula is C16H17Cl2N3S3. The molecule has 1 atom stereocenters. The van der Waals surface area contributed by atoms with Crippen molar-refractivity contribution in [2.45, 2.75) is 23.1 Å². The highest BCUT2D eigenvalue weighted by molar-refractivity contribution is 8.01. The van der Waals surface area contributed by atoms with Gasteiger partial charge in [0, 0.05) is 33.7 Å². The van der Waals surface area contributed by atoms with Crippen molar-refractivity contribution in [3.8, 4) is 0 Å². The Morgan fingerprint density at radius 1 is 1.21 bits per heavy atom. The Kier molecular flexibility index (Phi) is 6.78. The van der Waals surface area contributed by atoms with Gasteiger partial charge in [0.15, 0.2) is 0 Å². The number of nitrogens with zero attached hydrogens (tertiary/aromatic N) is 3. The fraction of sp³-hybridized carbons (Fsp3) is 0.312. The second-order valence-electron chi connectivity index (χ2n) is 5.02. The molecule has 128 valence electrons. The second-order valence-corrected chi connectivity index (χ2v) is 9.02. The van der Waals surface area contributed by atoms with Crippen LogP contribution in [0.4, 0.5) is 0 Å². The minimum Gasteiger partial charge on any atom is -0.252 e. The van der Waals surface area contributed by atoms with Gasteiger partial charge in [-0.2, -0.15) is 5.01 Å². The molecule has 8 heteroatoms. The van der Waals surface area contributed by atoms with Gasteiger partial charge in [0.2, 0.25) is 0 Å². The van der Waals surface area contributed by atoms with Crippen molar-refractivity contribution in [3.63, 3.8) is 0 Å². The minimum atomic E-state index is 0.163. The summed E-state index contributed by atoms with van der Waals surface area (Å²) in [7, 11) is 0. The highest BCUT2D eigenvalue weighted by atomic mass is 35.5. The average molecular weight is 418 g/mol. The largest absolute Gasteiger partial charge is 0.252 e. The van der Waals surface area contributed by atoms with Gasteiger partial charge in [-0.3, -0.25) is 4.99 Å². The fourth-order valence-electron chi connectivity index (χ4n) is 2.30. The standard InChI is InChI=1S/C16H17Cl2N3S3/c1-2-20-15(10-23-16-7-4-8-22-16)19-11-21(20)24-9-12-13(17)5-3-6-14(12)18/h3-8,11,15H,2,9-10H2,1H3. The zero-order chi connectivity index (χ0) is 16.9. The molecule has 2 heterocycles. The van der Waals surface area contributed by atoms with Crippen molar-refractivity contribution in [3.05, 3.63) is 51.3 Å². The number of hydrogen-bond donors (Lipinski definition) is 0. The van der Waals surface area contributed by atoms with Gasteiger partial charge in [0.05, 0.1) is 4.21 Å². The lowest BCUT2D eigenvalue weighted by Gasteiger charge is -2.29. The first kappa shape index (κ1) is 18.4. The minimum absolute atomic E-state index is 0.163. The highest BCUT2D eigenvalue weighted by Gasteiger charge is 2.27. The lowest BCUT2D eigenvalue weighted by molar-refractivity contribution is 0.128. The van der Waals surface area contributed by atoms with Gasteiger partial charge >= 0.3 is 0 Å². The number of hydrazine groups is 1. The number of halogens is 2. The third kappa shape index (κ3) is 4.42. The number of benzene rings is 1. The first-order valence-electron chi connectivity index (χ1n) is 7.50. The van der Waals surface area contributed by atoms with Crippen LogP contribution in [-0.4, -0.2) is 34.2 Å². The first-order valence-corrected chi connectivity index (χ1v) is 11.1. The van der Waals surface area contributed by atoms with E-state index in [1.165, 1.54) is 4.21 Å². The molecule has 0 fully saturated rings. The molecule has 1 unspecified atom stereocenters. The Hall–Kier alpha value is -0.370. The number of thiophene rings is 1. The van der Waals surface area contributed by atoms with Crippen LogP contribution in [0.1, 0.15) is 12.5 Å². The van der Waals surface area contributed by atoms with E-state index >= 15 is 0 Å². The van der Waals surface area contributed by atoms with Gasteiger partial charge in [-0.05, 0) is 35.5 Å². The van der Waals surface area contributed by atoms with Crippen molar-refractivity contribution in [2.75, 3.05) is 12.3 Å².